The van der Waals surface area contributed by atoms with Crippen LogP contribution in [0.3, 0.4) is 0 Å². The van der Waals surface area contributed by atoms with Gasteiger partial charge in [-0.25, -0.2) is 4.79 Å². The van der Waals surface area contributed by atoms with Gasteiger partial charge >= 0.3 is 5.97 Å². The van der Waals surface area contributed by atoms with Crippen molar-refractivity contribution in [1.82, 2.24) is 4.57 Å². The molecule has 3 rings (SSSR count). The summed E-state index contributed by atoms with van der Waals surface area (Å²) in [6.07, 6.45) is 3.03. The van der Waals surface area contributed by atoms with E-state index in [4.69, 9.17) is 4.74 Å². The van der Waals surface area contributed by atoms with Crippen molar-refractivity contribution in [3.8, 4) is 0 Å². The largest absolute Gasteiger partial charge is 0.454 e. The summed E-state index contributed by atoms with van der Waals surface area (Å²) in [4.78, 5) is 26.4. The molecule has 0 bridgehead atoms. The highest BCUT2D eigenvalue weighted by molar-refractivity contribution is 7.10. The van der Waals surface area contributed by atoms with E-state index in [2.05, 4.69) is 10.6 Å². The summed E-state index contributed by atoms with van der Waals surface area (Å²) in [6.45, 7) is 4.39. The maximum Gasteiger partial charge on any atom is 0.331 e. The standard InChI is InChI=1S/C20H19NO3S2/c1-14-11-18(15(2)21(14)12-17-6-4-10-26-17)19(22)13-24-20(23)8-7-16-5-3-9-25-16/h3-11H,12-13H2,1-2H3/b8-7+. The quantitative estimate of drug-likeness (QED) is 0.336. The molecular weight excluding hydrogens is 366 g/mol. The molecule has 0 radical (unpaired) electrons. The van der Waals surface area contributed by atoms with Gasteiger partial charge in [0.1, 0.15) is 0 Å². The molecule has 0 fully saturated rings. The predicted molar refractivity (Wildman–Crippen MR) is 106 cm³/mol. The van der Waals surface area contributed by atoms with Crippen LogP contribution in [0.25, 0.3) is 6.08 Å². The van der Waals surface area contributed by atoms with Crippen molar-refractivity contribution in [1.29, 1.82) is 0 Å². The van der Waals surface area contributed by atoms with Crippen LogP contribution in [0.15, 0.2) is 47.2 Å². The molecule has 0 amide bonds. The number of Topliss-reactive ketones (excluding diaryl/α,β-unsaturated/α-hetero) is 1. The zero-order valence-electron chi connectivity index (χ0n) is 14.6. The lowest BCUT2D eigenvalue weighted by molar-refractivity contribution is -0.136. The zero-order valence-corrected chi connectivity index (χ0v) is 16.2. The van der Waals surface area contributed by atoms with E-state index in [1.54, 1.807) is 17.4 Å². The minimum atomic E-state index is -0.515. The lowest BCUT2D eigenvalue weighted by atomic mass is 10.1. The van der Waals surface area contributed by atoms with E-state index in [9.17, 15) is 9.59 Å². The van der Waals surface area contributed by atoms with Crippen LogP contribution >= 0.6 is 22.7 Å². The normalized spacial score (nSPS) is 11.2. The van der Waals surface area contributed by atoms with Crippen molar-refractivity contribution in [2.24, 2.45) is 0 Å². The van der Waals surface area contributed by atoms with Crippen LogP contribution in [0, 0.1) is 13.8 Å². The van der Waals surface area contributed by atoms with Crippen molar-refractivity contribution in [3.63, 3.8) is 0 Å². The second-order valence-corrected chi connectivity index (χ2v) is 7.84. The molecule has 26 heavy (non-hydrogen) atoms. The number of hydrogen-bond donors (Lipinski definition) is 0. The number of nitrogens with zero attached hydrogens (tertiary/aromatic N) is 1. The molecule has 0 spiro atoms. The fraction of sp³-hybridized carbons (Fsp3) is 0.200. The van der Waals surface area contributed by atoms with Crippen LogP contribution in [0.5, 0.6) is 0 Å². The number of hydrogen-bond acceptors (Lipinski definition) is 5. The Morgan fingerprint density at radius 1 is 1.15 bits per heavy atom. The summed E-state index contributed by atoms with van der Waals surface area (Å²) in [5.74, 6) is -0.701. The molecule has 0 unspecified atom stereocenters. The molecule has 6 heteroatoms. The second kappa shape index (κ2) is 8.29. The number of aryl methyl sites for hydroxylation is 1. The number of thiophene rings is 2. The number of esters is 1. The number of ether oxygens (including phenoxy) is 1. The smallest absolute Gasteiger partial charge is 0.331 e. The molecule has 3 aromatic heterocycles. The lowest BCUT2D eigenvalue weighted by Crippen LogP contribution is -2.13. The zero-order chi connectivity index (χ0) is 18.5. The van der Waals surface area contributed by atoms with Gasteiger partial charge in [-0.2, -0.15) is 0 Å². The van der Waals surface area contributed by atoms with Gasteiger partial charge in [-0.1, -0.05) is 12.1 Å². The summed E-state index contributed by atoms with van der Waals surface area (Å²) in [7, 11) is 0. The molecule has 4 nitrogen and oxygen atoms in total. The van der Waals surface area contributed by atoms with E-state index in [1.807, 2.05) is 48.9 Å². The molecule has 134 valence electrons. The van der Waals surface area contributed by atoms with Crippen molar-refractivity contribution >= 4 is 40.5 Å². The first-order valence-corrected chi connectivity index (χ1v) is 9.91. The molecule has 0 aliphatic heterocycles. The van der Waals surface area contributed by atoms with E-state index in [0.29, 0.717) is 5.56 Å². The Morgan fingerprint density at radius 2 is 1.92 bits per heavy atom. The summed E-state index contributed by atoms with van der Waals surface area (Å²) >= 11 is 3.22. The van der Waals surface area contributed by atoms with E-state index >= 15 is 0 Å². The van der Waals surface area contributed by atoms with Crippen molar-refractivity contribution in [2.75, 3.05) is 6.61 Å². The fourth-order valence-electron chi connectivity index (χ4n) is 2.68. The fourth-order valence-corrected chi connectivity index (χ4v) is 3.99. The monoisotopic (exact) mass is 385 g/mol. The molecule has 3 aromatic rings. The van der Waals surface area contributed by atoms with Gasteiger partial charge in [0.2, 0.25) is 5.78 Å². The number of aromatic nitrogens is 1. The lowest BCUT2D eigenvalue weighted by Gasteiger charge is -2.08. The van der Waals surface area contributed by atoms with Crippen LogP contribution in [-0.2, 0) is 16.1 Å². The Bertz CT molecular complexity index is 919. The van der Waals surface area contributed by atoms with Crippen LogP contribution in [0.4, 0.5) is 0 Å². The molecule has 0 saturated heterocycles. The number of carbonyl (C=O) groups is 2. The van der Waals surface area contributed by atoms with Crippen LogP contribution in [0.2, 0.25) is 0 Å². The third kappa shape index (κ3) is 4.39. The molecule has 0 atom stereocenters. The molecule has 0 aliphatic carbocycles. The van der Waals surface area contributed by atoms with E-state index < -0.39 is 5.97 Å². The first kappa shape index (κ1) is 18.4. The second-order valence-electron chi connectivity index (χ2n) is 5.83. The Balaban J connectivity index is 1.62. The SMILES string of the molecule is Cc1cc(C(=O)COC(=O)/C=C/c2cccs2)c(C)n1Cc1cccs1. The molecule has 3 heterocycles. The van der Waals surface area contributed by atoms with Crippen molar-refractivity contribution in [2.45, 2.75) is 20.4 Å². The maximum atomic E-state index is 12.5. The van der Waals surface area contributed by atoms with Crippen LogP contribution in [0.1, 0.15) is 31.5 Å². The summed E-state index contributed by atoms with van der Waals surface area (Å²) in [6, 6.07) is 9.77. The number of ketones is 1. The van der Waals surface area contributed by atoms with Gasteiger partial charge < -0.3 is 9.30 Å². The highest BCUT2D eigenvalue weighted by atomic mass is 32.1. The topological polar surface area (TPSA) is 48.3 Å². The van der Waals surface area contributed by atoms with Gasteiger partial charge in [0.15, 0.2) is 6.61 Å². The first-order chi connectivity index (χ1) is 12.5. The van der Waals surface area contributed by atoms with E-state index in [1.165, 1.54) is 22.3 Å². The molecule has 0 aromatic carbocycles. The van der Waals surface area contributed by atoms with Crippen molar-refractivity contribution < 1.29 is 14.3 Å². The van der Waals surface area contributed by atoms with Crippen LogP contribution < -0.4 is 0 Å². The summed E-state index contributed by atoms with van der Waals surface area (Å²) in [5, 5.41) is 3.97. The highest BCUT2D eigenvalue weighted by Gasteiger charge is 2.17. The molecule has 0 N–H and O–H groups in total. The molecule has 0 aliphatic rings. The predicted octanol–water partition coefficient (Wildman–Crippen LogP) is 4.72. The Kier molecular flexibility index (Phi) is 5.85. The van der Waals surface area contributed by atoms with E-state index in [0.717, 1.165) is 22.8 Å². The van der Waals surface area contributed by atoms with Gasteiger partial charge in [0, 0.05) is 32.8 Å². The van der Waals surface area contributed by atoms with Gasteiger partial charge in [0.05, 0.1) is 6.54 Å². The van der Waals surface area contributed by atoms with Crippen molar-refractivity contribution in [3.05, 3.63) is 73.9 Å². The number of rotatable bonds is 7. The van der Waals surface area contributed by atoms with E-state index in [-0.39, 0.29) is 12.4 Å². The molecular formula is C20H19NO3S2. The summed E-state index contributed by atoms with van der Waals surface area (Å²) in [5.41, 5.74) is 2.52. The minimum absolute atomic E-state index is 0.187. The average Bonchev–Trinajstić information content (AvgIpc) is 3.37. The van der Waals surface area contributed by atoms with Gasteiger partial charge in [0.25, 0.3) is 0 Å². The Labute approximate surface area is 160 Å². The third-order valence-corrected chi connectivity index (χ3v) is 5.74. The third-order valence-electron chi connectivity index (χ3n) is 4.04. The van der Waals surface area contributed by atoms with Gasteiger partial charge in [-0.3, -0.25) is 4.79 Å². The number of carbonyl (C=O) groups excluding carboxylic acids is 2. The molecule has 0 saturated carbocycles. The average molecular weight is 386 g/mol. The Hall–Kier alpha value is -2.44. The van der Waals surface area contributed by atoms with Gasteiger partial charge in [-0.05, 0) is 48.9 Å². The van der Waals surface area contributed by atoms with Crippen LogP contribution in [-0.4, -0.2) is 22.9 Å². The maximum absolute atomic E-state index is 12.5. The first-order valence-electron chi connectivity index (χ1n) is 8.15. The Morgan fingerprint density at radius 3 is 2.62 bits per heavy atom. The summed E-state index contributed by atoms with van der Waals surface area (Å²) < 4.78 is 7.20. The highest BCUT2D eigenvalue weighted by Crippen LogP contribution is 2.20. The van der Waals surface area contributed by atoms with Gasteiger partial charge in [-0.15, -0.1) is 22.7 Å². The minimum Gasteiger partial charge on any atom is -0.454 e.